The summed E-state index contributed by atoms with van der Waals surface area (Å²) in [6.45, 7) is 6.74. The number of thiophene rings is 1. The van der Waals surface area contributed by atoms with Gasteiger partial charge in [-0.2, -0.15) is 0 Å². The van der Waals surface area contributed by atoms with Crippen LogP contribution in [0.5, 0.6) is 0 Å². The van der Waals surface area contributed by atoms with Gasteiger partial charge < -0.3 is 10.6 Å². The molecule has 0 radical (unpaired) electrons. The molecule has 3 nitrogen and oxygen atoms in total. The molecule has 2 aromatic rings. The van der Waals surface area contributed by atoms with Gasteiger partial charge >= 0.3 is 0 Å². The van der Waals surface area contributed by atoms with Gasteiger partial charge in [0.15, 0.2) is 0 Å². The summed E-state index contributed by atoms with van der Waals surface area (Å²) in [5, 5.41) is 1.46. The summed E-state index contributed by atoms with van der Waals surface area (Å²) in [6, 6.07) is 5.48. The number of likely N-dealkylation sites (N-methyl/N-ethyl adjacent to an activating group) is 1. The lowest BCUT2D eigenvalue weighted by atomic mass is 10.2. The molecule has 2 N–H and O–H groups in total. The molecular weight excluding hydrogens is 280 g/mol. The van der Waals surface area contributed by atoms with Crippen molar-refractivity contribution >= 4 is 44.6 Å². The summed E-state index contributed by atoms with van der Waals surface area (Å²) in [5.74, 6) is -0.0581. The number of rotatable bonds is 4. The van der Waals surface area contributed by atoms with Crippen LogP contribution in [0.25, 0.3) is 10.1 Å². The molecule has 0 fully saturated rings. The molecule has 5 heteroatoms. The zero-order chi connectivity index (χ0) is 14.0. The van der Waals surface area contributed by atoms with E-state index in [2.05, 4.69) is 6.58 Å². The Kier molecular flexibility index (Phi) is 4.12. The van der Waals surface area contributed by atoms with Crippen LogP contribution >= 0.6 is 22.9 Å². The number of nitrogens with zero attached hydrogens (tertiary/aromatic N) is 1. The molecule has 0 saturated carbocycles. The molecule has 0 aliphatic rings. The first-order chi connectivity index (χ1) is 9.08. The Morgan fingerprint density at radius 2 is 2.32 bits per heavy atom. The van der Waals surface area contributed by atoms with Crippen LogP contribution in [-0.2, 0) is 0 Å². The van der Waals surface area contributed by atoms with E-state index in [1.54, 1.807) is 23.1 Å². The van der Waals surface area contributed by atoms with Crippen LogP contribution in [0.1, 0.15) is 16.6 Å². The molecule has 1 amide bonds. The van der Waals surface area contributed by atoms with Crippen molar-refractivity contribution in [2.45, 2.75) is 6.92 Å². The third-order valence-corrected chi connectivity index (χ3v) is 4.31. The fourth-order valence-corrected chi connectivity index (χ4v) is 3.15. The third-order valence-electron chi connectivity index (χ3n) is 2.90. The second kappa shape index (κ2) is 5.63. The maximum Gasteiger partial charge on any atom is 0.266 e. The highest BCUT2D eigenvalue weighted by molar-refractivity contribution is 7.21. The van der Waals surface area contributed by atoms with Crippen molar-refractivity contribution in [1.82, 2.24) is 4.90 Å². The lowest BCUT2D eigenvalue weighted by Gasteiger charge is -2.18. The maximum atomic E-state index is 12.4. The number of amides is 1. The molecule has 0 aliphatic heterocycles. The predicted molar refractivity (Wildman–Crippen MR) is 83.0 cm³/mol. The summed E-state index contributed by atoms with van der Waals surface area (Å²) >= 11 is 7.36. The monoisotopic (exact) mass is 294 g/mol. The highest BCUT2D eigenvalue weighted by Gasteiger charge is 2.20. The average molecular weight is 295 g/mol. The highest BCUT2D eigenvalue weighted by atomic mass is 35.5. The summed E-state index contributed by atoms with van der Waals surface area (Å²) in [6.07, 6.45) is 1.71. The largest absolute Gasteiger partial charge is 0.397 e. The Morgan fingerprint density at radius 3 is 2.95 bits per heavy atom. The Labute approximate surface area is 121 Å². The van der Waals surface area contributed by atoms with Crippen molar-refractivity contribution in [3.8, 4) is 0 Å². The molecule has 0 spiro atoms. The van der Waals surface area contributed by atoms with Crippen LogP contribution in [0.15, 0.2) is 30.9 Å². The van der Waals surface area contributed by atoms with Gasteiger partial charge in [0.1, 0.15) is 4.88 Å². The molecule has 0 bridgehead atoms. The Bertz CT molecular complexity index is 636. The Balaban J connectivity index is 2.47. The fraction of sp³-hybridized carbons (Fsp3) is 0.214. The van der Waals surface area contributed by atoms with E-state index in [0.717, 1.165) is 10.1 Å². The lowest BCUT2D eigenvalue weighted by Crippen LogP contribution is -2.30. The number of carbonyl (C=O) groups is 1. The second-order valence-corrected chi connectivity index (χ2v) is 5.61. The van der Waals surface area contributed by atoms with Crippen LogP contribution in [-0.4, -0.2) is 23.9 Å². The molecule has 0 saturated heterocycles. The zero-order valence-corrected chi connectivity index (χ0v) is 12.2. The zero-order valence-electron chi connectivity index (χ0n) is 10.6. The minimum atomic E-state index is -0.0581. The number of benzene rings is 1. The van der Waals surface area contributed by atoms with Crippen molar-refractivity contribution in [2.24, 2.45) is 0 Å². The molecule has 0 unspecified atom stereocenters. The first-order valence-electron chi connectivity index (χ1n) is 5.96. The predicted octanol–water partition coefficient (Wildman–Crippen LogP) is 3.79. The molecule has 1 aromatic carbocycles. The maximum absolute atomic E-state index is 12.4. The summed E-state index contributed by atoms with van der Waals surface area (Å²) < 4.78 is 0.972. The molecule has 0 aliphatic carbocycles. The van der Waals surface area contributed by atoms with Crippen molar-refractivity contribution in [1.29, 1.82) is 0 Å². The summed E-state index contributed by atoms with van der Waals surface area (Å²) in [7, 11) is 0. The number of nitrogen functional groups attached to an aromatic ring is 1. The lowest BCUT2D eigenvalue weighted by molar-refractivity contribution is 0.0788. The SMILES string of the molecule is C=CCN(CC)C(=O)c1sc2ccc(Cl)cc2c1N. The van der Waals surface area contributed by atoms with Gasteiger partial charge in [-0.05, 0) is 25.1 Å². The van der Waals surface area contributed by atoms with Crippen LogP contribution in [0, 0.1) is 0 Å². The molecule has 100 valence electrons. The van der Waals surface area contributed by atoms with Crippen LogP contribution in [0.3, 0.4) is 0 Å². The standard InChI is InChI=1S/C14H15ClN2OS/c1-3-7-17(4-2)14(18)13-12(16)10-8-9(15)5-6-11(10)19-13/h3,5-6,8H,1,4,7,16H2,2H3. The first-order valence-corrected chi connectivity index (χ1v) is 7.15. The molecular formula is C14H15ClN2OS. The molecule has 1 heterocycles. The van der Waals surface area contributed by atoms with Crippen molar-refractivity contribution in [3.05, 3.63) is 40.8 Å². The van der Waals surface area contributed by atoms with E-state index >= 15 is 0 Å². The van der Waals surface area contributed by atoms with Crippen molar-refractivity contribution in [3.63, 3.8) is 0 Å². The van der Waals surface area contributed by atoms with Gasteiger partial charge in [-0.1, -0.05) is 17.7 Å². The van der Waals surface area contributed by atoms with Gasteiger partial charge in [0, 0.05) is 28.2 Å². The average Bonchev–Trinajstić information content (AvgIpc) is 2.72. The van der Waals surface area contributed by atoms with Gasteiger partial charge in [-0.25, -0.2) is 0 Å². The quantitative estimate of drug-likeness (QED) is 0.872. The van der Waals surface area contributed by atoms with Gasteiger partial charge in [0.25, 0.3) is 5.91 Å². The number of halogens is 1. The van der Waals surface area contributed by atoms with E-state index in [1.165, 1.54) is 11.3 Å². The van der Waals surface area contributed by atoms with Gasteiger partial charge in [-0.15, -0.1) is 17.9 Å². The molecule has 2 rings (SSSR count). The van der Waals surface area contributed by atoms with Crippen molar-refractivity contribution < 1.29 is 4.79 Å². The third kappa shape index (κ3) is 2.60. The minimum Gasteiger partial charge on any atom is -0.397 e. The van der Waals surface area contributed by atoms with E-state index in [-0.39, 0.29) is 5.91 Å². The number of hydrogen-bond acceptors (Lipinski definition) is 3. The number of nitrogens with two attached hydrogens (primary N) is 1. The van der Waals surface area contributed by atoms with E-state index in [4.69, 9.17) is 17.3 Å². The fourth-order valence-electron chi connectivity index (χ4n) is 1.90. The number of anilines is 1. The van der Waals surface area contributed by atoms with E-state index < -0.39 is 0 Å². The molecule has 0 atom stereocenters. The summed E-state index contributed by atoms with van der Waals surface area (Å²) in [4.78, 5) is 14.7. The first kappa shape index (κ1) is 13.9. The smallest absolute Gasteiger partial charge is 0.266 e. The van der Waals surface area contributed by atoms with Crippen molar-refractivity contribution in [2.75, 3.05) is 18.8 Å². The molecule has 1 aromatic heterocycles. The van der Waals surface area contributed by atoms with E-state index in [0.29, 0.717) is 28.7 Å². The van der Waals surface area contributed by atoms with Gasteiger partial charge in [-0.3, -0.25) is 4.79 Å². The van der Waals surface area contributed by atoms with E-state index in [9.17, 15) is 4.79 Å². The number of hydrogen-bond donors (Lipinski definition) is 1. The highest BCUT2D eigenvalue weighted by Crippen LogP contribution is 2.35. The Hall–Kier alpha value is -1.52. The minimum absolute atomic E-state index is 0.0581. The van der Waals surface area contributed by atoms with Gasteiger partial charge in [0.2, 0.25) is 0 Å². The number of carbonyl (C=O) groups excluding carboxylic acids is 1. The second-order valence-electron chi connectivity index (χ2n) is 4.12. The van der Waals surface area contributed by atoms with Gasteiger partial charge in [0.05, 0.1) is 5.69 Å². The van der Waals surface area contributed by atoms with Crippen LogP contribution in [0.2, 0.25) is 5.02 Å². The molecule has 19 heavy (non-hydrogen) atoms. The van der Waals surface area contributed by atoms with E-state index in [1.807, 2.05) is 13.0 Å². The van der Waals surface area contributed by atoms with Crippen LogP contribution < -0.4 is 5.73 Å². The van der Waals surface area contributed by atoms with Crippen LogP contribution in [0.4, 0.5) is 5.69 Å². The topological polar surface area (TPSA) is 46.3 Å². The number of fused-ring (bicyclic) bond motifs is 1. The normalized spacial score (nSPS) is 10.6. The Morgan fingerprint density at radius 1 is 1.58 bits per heavy atom. The summed E-state index contributed by atoms with van der Waals surface area (Å²) in [5.41, 5.74) is 6.59.